The van der Waals surface area contributed by atoms with Crippen molar-refractivity contribution in [3.63, 3.8) is 0 Å². The van der Waals surface area contributed by atoms with E-state index in [1.54, 1.807) is 12.1 Å². The van der Waals surface area contributed by atoms with Gasteiger partial charge in [-0.15, -0.1) is 11.8 Å². The lowest BCUT2D eigenvalue weighted by molar-refractivity contribution is -0.113. The minimum Gasteiger partial charge on any atom is -0.325 e. The van der Waals surface area contributed by atoms with E-state index in [1.807, 2.05) is 38.1 Å². The van der Waals surface area contributed by atoms with E-state index in [1.165, 1.54) is 11.8 Å². The zero-order chi connectivity index (χ0) is 16.1. The van der Waals surface area contributed by atoms with Crippen LogP contribution < -0.4 is 5.32 Å². The second-order valence-corrected chi connectivity index (χ2v) is 6.85. The summed E-state index contributed by atoms with van der Waals surface area (Å²) in [5, 5.41) is 11.7. The molecule has 0 aliphatic carbocycles. The molecule has 0 spiro atoms. The number of nitriles is 1. The first-order valence-corrected chi connectivity index (χ1v) is 8.47. The normalized spacial score (nSPS) is 10.1. The van der Waals surface area contributed by atoms with Crippen LogP contribution in [0.15, 0.2) is 45.8 Å². The fraction of sp³-hybridized carbons (Fsp3) is 0.176. The molecule has 5 heteroatoms. The molecule has 1 amide bonds. The highest BCUT2D eigenvalue weighted by Gasteiger charge is 2.09. The first-order valence-electron chi connectivity index (χ1n) is 6.69. The third kappa shape index (κ3) is 4.36. The summed E-state index contributed by atoms with van der Waals surface area (Å²) < 4.78 is 1.01. The maximum atomic E-state index is 12.1. The Hall–Kier alpha value is -1.77. The maximum Gasteiger partial charge on any atom is 0.234 e. The quantitative estimate of drug-likeness (QED) is 0.791. The monoisotopic (exact) mass is 374 g/mol. The zero-order valence-electron chi connectivity index (χ0n) is 12.3. The summed E-state index contributed by atoms with van der Waals surface area (Å²) in [7, 11) is 0. The topological polar surface area (TPSA) is 52.9 Å². The SMILES string of the molecule is Cc1cc(Br)cc(C)c1NC(=O)CSc1ccc(C#N)cc1. The van der Waals surface area contributed by atoms with Crippen molar-refractivity contribution in [3.8, 4) is 6.07 Å². The van der Waals surface area contributed by atoms with Gasteiger partial charge in [-0.1, -0.05) is 15.9 Å². The fourth-order valence-electron chi connectivity index (χ4n) is 2.06. The van der Waals surface area contributed by atoms with Gasteiger partial charge in [0, 0.05) is 15.1 Å². The first kappa shape index (κ1) is 16.6. The molecule has 0 aliphatic rings. The van der Waals surface area contributed by atoms with Crippen molar-refractivity contribution < 1.29 is 4.79 Å². The molecule has 2 aromatic carbocycles. The van der Waals surface area contributed by atoms with E-state index in [0.29, 0.717) is 11.3 Å². The average Bonchev–Trinajstić information content (AvgIpc) is 2.49. The number of halogens is 1. The standard InChI is InChI=1S/C17H15BrN2OS/c1-11-7-14(18)8-12(2)17(11)20-16(21)10-22-15-5-3-13(9-19)4-6-15/h3-8H,10H2,1-2H3,(H,20,21). The molecule has 0 bridgehead atoms. The molecule has 0 aliphatic heterocycles. The van der Waals surface area contributed by atoms with Crippen molar-refractivity contribution in [2.45, 2.75) is 18.7 Å². The van der Waals surface area contributed by atoms with Crippen LogP contribution in [0.4, 0.5) is 5.69 Å². The van der Waals surface area contributed by atoms with Gasteiger partial charge in [-0.3, -0.25) is 4.79 Å². The first-order chi connectivity index (χ1) is 10.5. The molecule has 3 nitrogen and oxygen atoms in total. The molecule has 0 atom stereocenters. The average molecular weight is 375 g/mol. The van der Waals surface area contributed by atoms with Crippen LogP contribution in [-0.4, -0.2) is 11.7 Å². The van der Waals surface area contributed by atoms with Crippen LogP contribution in [0.5, 0.6) is 0 Å². The largest absolute Gasteiger partial charge is 0.325 e. The number of hydrogen-bond donors (Lipinski definition) is 1. The number of carbonyl (C=O) groups excluding carboxylic acids is 1. The van der Waals surface area contributed by atoms with Crippen molar-refractivity contribution in [2.75, 3.05) is 11.1 Å². The van der Waals surface area contributed by atoms with Crippen LogP contribution in [-0.2, 0) is 4.79 Å². The molecule has 0 saturated carbocycles. The number of aryl methyl sites for hydroxylation is 2. The van der Waals surface area contributed by atoms with Gasteiger partial charge in [0.2, 0.25) is 5.91 Å². The number of rotatable bonds is 4. The summed E-state index contributed by atoms with van der Waals surface area (Å²) >= 11 is 4.90. The predicted molar refractivity (Wildman–Crippen MR) is 94.1 cm³/mol. The fourth-order valence-corrected chi connectivity index (χ4v) is 3.44. The Bertz CT molecular complexity index is 712. The number of nitrogens with zero attached hydrogens (tertiary/aromatic N) is 1. The third-order valence-electron chi connectivity index (χ3n) is 3.12. The molecule has 112 valence electrons. The minimum atomic E-state index is -0.0390. The molecule has 2 rings (SSSR count). The Labute approximate surface area is 142 Å². The van der Waals surface area contributed by atoms with Crippen LogP contribution in [0.1, 0.15) is 16.7 Å². The van der Waals surface area contributed by atoms with Crippen molar-refractivity contribution in [2.24, 2.45) is 0 Å². The van der Waals surface area contributed by atoms with Gasteiger partial charge in [-0.2, -0.15) is 5.26 Å². The maximum absolute atomic E-state index is 12.1. The van der Waals surface area contributed by atoms with Crippen LogP contribution in [0, 0.1) is 25.2 Å². The van der Waals surface area contributed by atoms with Gasteiger partial charge < -0.3 is 5.32 Å². The number of thioether (sulfide) groups is 1. The number of carbonyl (C=O) groups is 1. The van der Waals surface area contributed by atoms with E-state index in [4.69, 9.17) is 5.26 Å². The van der Waals surface area contributed by atoms with E-state index >= 15 is 0 Å². The molecule has 0 heterocycles. The molecule has 0 radical (unpaired) electrons. The van der Waals surface area contributed by atoms with Gasteiger partial charge in [0.1, 0.15) is 0 Å². The Morgan fingerprint density at radius 2 is 1.82 bits per heavy atom. The van der Waals surface area contributed by atoms with Gasteiger partial charge in [-0.05, 0) is 61.4 Å². The Morgan fingerprint density at radius 3 is 2.36 bits per heavy atom. The smallest absolute Gasteiger partial charge is 0.234 e. The highest BCUT2D eigenvalue weighted by molar-refractivity contribution is 9.10. The summed E-state index contributed by atoms with van der Waals surface area (Å²) in [6.07, 6.45) is 0. The molecular weight excluding hydrogens is 360 g/mol. The van der Waals surface area contributed by atoms with E-state index in [9.17, 15) is 4.79 Å². The molecule has 0 saturated heterocycles. The molecule has 22 heavy (non-hydrogen) atoms. The van der Waals surface area contributed by atoms with E-state index in [2.05, 4.69) is 27.3 Å². The lowest BCUT2D eigenvalue weighted by Gasteiger charge is -2.12. The Kier molecular flexibility index (Phi) is 5.64. The van der Waals surface area contributed by atoms with Crippen molar-refractivity contribution in [1.82, 2.24) is 0 Å². The van der Waals surface area contributed by atoms with Gasteiger partial charge in [0.25, 0.3) is 0 Å². The van der Waals surface area contributed by atoms with Crippen LogP contribution >= 0.6 is 27.7 Å². The Balaban J connectivity index is 1.97. The minimum absolute atomic E-state index is 0.0390. The van der Waals surface area contributed by atoms with E-state index in [-0.39, 0.29) is 5.91 Å². The summed E-state index contributed by atoms with van der Waals surface area (Å²) in [5.74, 6) is 0.295. The molecule has 2 aromatic rings. The molecule has 0 fully saturated rings. The van der Waals surface area contributed by atoms with Crippen molar-refractivity contribution in [1.29, 1.82) is 5.26 Å². The highest BCUT2D eigenvalue weighted by atomic mass is 79.9. The van der Waals surface area contributed by atoms with Crippen molar-refractivity contribution in [3.05, 3.63) is 57.6 Å². The highest BCUT2D eigenvalue weighted by Crippen LogP contribution is 2.26. The van der Waals surface area contributed by atoms with E-state index < -0.39 is 0 Å². The van der Waals surface area contributed by atoms with Gasteiger partial charge in [0.15, 0.2) is 0 Å². The van der Waals surface area contributed by atoms with Crippen LogP contribution in [0.3, 0.4) is 0 Å². The second-order valence-electron chi connectivity index (χ2n) is 4.89. The van der Waals surface area contributed by atoms with Crippen LogP contribution in [0.2, 0.25) is 0 Å². The predicted octanol–water partition coefficient (Wildman–Crippen LogP) is 4.67. The second kappa shape index (κ2) is 7.48. The summed E-state index contributed by atoms with van der Waals surface area (Å²) in [6.45, 7) is 3.95. The van der Waals surface area contributed by atoms with Gasteiger partial charge >= 0.3 is 0 Å². The van der Waals surface area contributed by atoms with Gasteiger partial charge in [0.05, 0.1) is 17.4 Å². The lowest BCUT2D eigenvalue weighted by atomic mass is 10.1. The number of amides is 1. The zero-order valence-corrected chi connectivity index (χ0v) is 14.7. The number of anilines is 1. The third-order valence-corrected chi connectivity index (χ3v) is 4.59. The number of nitrogens with one attached hydrogen (secondary N) is 1. The summed E-state index contributed by atoms with van der Waals surface area (Å²) in [6, 6.07) is 13.3. The number of hydrogen-bond acceptors (Lipinski definition) is 3. The van der Waals surface area contributed by atoms with E-state index in [0.717, 1.165) is 26.2 Å². The van der Waals surface area contributed by atoms with Gasteiger partial charge in [-0.25, -0.2) is 0 Å². The van der Waals surface area contributed by atoms with Crippen LogP contribution in [0.25, 0.3) is 0 Å². The molecular formula is C17H15BrN2OS. The number of benzene rings is 2. The molecule has 0 unspecified atom stereocenters. The summed E-state index contributed by atoms with van der Waals surface area (Å²) in [5.41, 5.74) is 3.55. The summed E-state index contributed by atoms with van der Waals surface area (Å²) in [4.78, 5) is 13.1. The molecule has 0 aromatic heterocycles. The lowest BCUT2D eigenvalue weighted by Crippen LogP contribution is -2.15. The Morgan fingerprint density at radius 1 is 1.23 bits per heavy atom. The van der Waals surface area contributed by atoms with Crippen molar-refractivity contribution >= 4 is 39.3 Å². The molecule has 1 N–H and O–H groups in total.